The zero-order valence-corrected chi connectivity index (χ0v) is 8.54. The fourth-order valence-electron chi connectivity index (χ4n) is 1.93. The molecule has 70 valence electrons. The first-order chi connectivity index (χ1) is 6.64. The van der Waals surface area contributed by atoms with E-state index in [1.165, 1.54) is 16.7 Å². The Morgan fingerprint density at radius 1 is 1.43 bits per heavy atom. The van der Waals surface area contributed by atoms with E-state index in [0.717, 1.165) is 6.42 Å². The maximum absolute atomic E-state index is 9.04. The van der Waals surface area contributed by atoms with E-state index in [-0.39, 0.29) is 5.41 Å². The fraction of sp³-hybridized carbons (Fsp3) is 0.308. The third-order valence-electron chi connectivity index (χ3n) is 2.85. The summed E-state index contributed by atoms with van der Waals surface area (Å²) in [6, 6.07) is 8.64. The van der Waals surface area contributed by atoms with Crippen LogP contribution < -0.4 is 0 Å². The summed E-state index contributed by atoms with van der Waals surface area (Å²) in [5, 5.41) is 9.04. The van der Waals surface area contributed by atoms with Crippen molar-refractivity contribution >= 4 is 6.08 Å². The molecule has 0 bridgehead atoms. The van der Waals surface area contributed by atoms with Gasteiger partial charge in [-0.2, -0.15) is 5.26 Å². The van der Waals surface area contributed by atoms with Crippen LogP contribution in [0.25, 0.3) is 6.08 Å². The average Bonchev–Trinajstić information content (AvgIpc) is 2.18. The van der Waals surface area contributed by atoms with Crippen molar-refractivity contribution in [2.45, 2.75) is 20.3 Å². The Hall–Kier alpha value is -1.55. The van der Waals surface area contributed by atoms with Crippen LogP contribution in [0.2, 0.25) is 0 Å². The highest BCUT2D eigenvalue weighted by Crippen LogP contribution is 2.32. The van der Waals surface area contributed by atoms with Crippen molar-refractivity contribution < 1.29 is 0 Å². The van der Waals surface area contributed by atoms with E-state index in [1.807, 2.05) is 13.0 Å². The molecule has 1 aromatic carbocycles. The van der Waals surface area contributed by atoms with Crippen molar-refractivity contribution in [3.05, 3.63) is 41.0 Å². The molecule has 2 rings (SSSR count). The fourth-order valence-corrected chi connectivity index (χ4v) is 1.93. The smallest absolute Gasteiger partial charge is 0.0769 e. The lowest BCUT2D eigenvalue weighted by atomic mass is 9.78. The second kappa shape index (κ2) is 2.99. The minimum absolute atomic E-state index is 0.319. The maximum Gasteiger partial charge on any atom is 0.0769 e. The Kier molecular flexibility index (Phi) is 1.93. The van der Waals surface area contributed by atoms with Crippen LogP contribution >= 0.6 is 0 Å². The van der Waals surface area contributed by atoms with Gasteiger partial charge in [0, 0.05) is 0 Å². The van der Waals surface area contributed by atoms with E-state index in [4.69, 9.17) is 5.26 Å². The van der Waals surface area contributed by atoms with Gasteiger partial charge in [0.25, 0.3) is 0 Å². The summed E-state index contributed by atoms with van der Waals surface area (Å²) in [6.45, 7) is 4.09. The van der Waals surface area contributed by atoms with Crippen LogP contribution in [0.5, 0.6) is 0 Å². The highest BCUT2D eigenvalue weighted by molar-refractivity contribution is 5.62. The molecule has 1 unspecified atom stereocenters. The number of nitrogens with zero attached hydrogens (tertiary/aromatic N) is 1. The van der Waals surface area contributed by atoms with Crippen LogP contribution in [-0.4, -0.2) is 0 Å². The van der Waals surface area contributed by atoms with Crippen molar-refractivity contribution in [1.29, 1.82) is 5.26 Å². The molecule has 0 spiro atoms. The molecule has 0 saturated heterocycles. The molecule has 1 aliphatic carbocycles. The molecule has 14 heavy (non-hydrogen) atoms. The predicted molar refractivity (Wildman–Crippen MR) is 57.6 cm³/mol. The molecule has 0 amide bonds. The lowest BCUT2D eigenvalue weighted by molar-refractivity contribution is 0.560. The van der Waals surface area contributed by atoms with Crippen LogP contribution in [0.4, 0.5) is 0 Å². The lowest BCUT2D eigenvalue weighted by Gasteiger charge is -2.24. The summed E-state index contributed by atoms with van der Waals surface area (Å²) in [5.41, 5.74) is 3.55. The Balaban J connectivity index is 2.52. The Bertz CT molecular complexity index is 437. The molecule has 0 heterocycles. The van der Waals surface area contributed by atoms with Crippen LogP contribution in [0.1, 0.15) is 23.6 Å². The van der Waals surface area contributed by atoms with Gasteiger partial charge in [0.1, 0.15) is 0 Å². The molecule has 0 radical (unpaired) electrons. The van der Waals surface area contributed by atoms with Crippen molar-refractivity contribution in [3.8, 4) is 6.07 Å². The van der Waals surface area contributed by atoms with Crippen molar-refractivity contribution in [1.82, 2.24) is 0 Å². The van der Waals surface area contributed by atoms with Gasteiger partial charge in [0.05, 0.1) is 11.5 Å². The molecule has 1 aromatic rings. The monoisotopic (exact) mass is 183 g/mol. The Labute approximate surface area is 84.7 Å². The number of rotatable bonds is 0. The summed E-state index contributed by atoms with van der Waals surface area (Å²) >= 11 is 0. The molecule has 1 heteroatoms. The number of allylic oxidation sites excluding steroid dienone is 1. The first-order valence-electron chi connectivity index (χ1n) is 4.84. The normalized spacial score (nSPS) is 24.1. The van der Waals surface area contributed by atoms with E-state index in [0.29, 0.717) is 0 Å². The highest BCUT2D eigenvalue weighted by Gasteiger charge is 2.25. The zero-order chi connectivity index (χ0) is 10.2. The second-order valence-corrected chi connectivity index (χ2v) is 4.19. The number of benzene rings is 1. The van der Waals surface area contributed by atoms with E-state index in [1.54, 1.807) is 0 Å². The highest BCUT2D eigenvalue weighted by atomic mass is 14.3. The Morgan fingerprint density at radius 3 is 2.93 bits per heavy atom. The maximum atomic E-state index is 9.04. The van der Waals surface area contributed by atoms with Gasteiger partial charge < -0.3 is 0 Å². The number of hydrogen-bond acceptors (Lipinski definition) is 1. The standard InChI is InChI=1S/C13H13N/c1-10-4-3-5-11-8-13(2,9-14)7-6-12(10)11/h3-7H,8H2,1-2H3. The predicted octanol–water partition coefficient (Wildman–Crippen LogP) is 3.09. The van der Waals surface area contributed by atoms with E-state index >= 15 is 0 Å². The third kappa shape index (κ3) is 1.33. The molecule has 1 nitrogen and oxygen atoms in total. The quantitative estimate of drug-likeness (QED) is 0.606. The topological polar surface area (TPSA) is 23.8 Å². The number of hydrogen-bond donors (Lipinski definition) is 0. The van der Waals surface area contributed by atoms with E-state index in [2.05, 4.69) is 37.3 Å². The summed E-state index contributed by atoms with van der Waals surface area (Å²) in [6.07, 6.45) is 4.93. The number of nitriles is 1. The first-order valence-corrected chi connectivity index (χ1v) is 4.84. The molecule has 1 aliphatic rings. The summed E-state index contributed by atoms with van der Waals surface area (Å²) in [7, 11) is 0. The first kappa shape index (κ1) is 9.02. The zero-order valence-electron chi connectivity index (χ0n) is 8.54. The largest absolute Gasteiger partial charge is 0.197 e. The van der Waals surface area contributed by atoms with Gasteiger partial charge in [-0.15, -0.1) is 0 Å². The molecule has 0 aromatic heterocycles. The molecular formula is C13H13N. The molecule has 0 aliphatic heterocycles. The number of fused-ring (bicyclic) bond motifs is 1. The van der Waals surface area contributed by atoms with Crippen molar-refractivity contribution in [2.75, 3.05) is 0 Å². The van der Waals surface area contributed by atoms with Crippen LogP contribution in [-0.2, 0) is 6.42 Å². The average molecular weight is 183 g/mol. The molecule has 0 fully saturated rings. The van der Waals surface area contributed by atoms with Gasteiger partial charge >= 0.3 is 0 Å². The number of aryl methyl sites for hydroxylation is 1. The van der Waals surface area contributed by atoms with Gasteiger partial charge in [-0.05, 0) is 37.0 Å². The van der Waals surface area contributed by atoms with Gasteiger partial charge in [-0.1, -0.05) is 30.4 Å². The van der Waals surface area contributed by atoms with E-state index in [9.17, 15) is 0 Å². The molecule has 1 atom stereocenters. The molecule has 0 N–H and O–H groups in total. The van der Waals surface area contributed by atoms with Crippen LogP contribution in [0.15, 0.2) is 24.3 Å². The van der Waals surface area contributed by atoms with Crippen molar-refractivity contribution in [3.63, 3.8) is 0 Å². The van der Waals surface area contributed by atoms with Gasteiger partial charge in [0.2, 0.25) is 0 Å². The SMILES string of the molecule is Cc1cccc2c1C=CC(C)(C#N)C2. The van der Waals surface area contributed by atoms with Crippen LogP contribution in [0.3, 0.4) is 0 Å². The van der Waals surface area contributed by atoms with Gasteiger partial charge in [-0.25, -0.2) is 0 Å². The minimum Gasteiger partial charge on any atom is -0.197 e. The summed E-state index contributed by atoms with van der Waals surface area (Å²) in [4.78, 5) is 0. The van der Waals surface area contributed by atoms with Crippen LogP contribution in [0, 0.1) is 23.7 Å². The van der Waals surface area contributed by atoms with Gasteiger partial charge in [0.15, 0.2) is 0 Å². The molecule has 0 saturated carbocycles. The van der Waals surface area contributed by atoms with Crippen molar-refractivity contribution in [2.24, 2.45) is 5.41 Å². The van der Waals surface area contributed by atoms with E-state index < -0.39 is 0 Å². The minimum atomic E-state index is -0.319. The summed E-state index contributed by atoms with van der Waals surface area (Å²) < 4.78 is 0. The summed E-state index contributed by atoms with van der Waals surface area (Å²) in [5.74, 6) is 0. The lowest BCUT2D eigenvalue weighted by Crippen LogP contribution is -2.18. The molecular weight excluding hydrogens is 170 g/mol. The Morgan fingerprint density at radius 2 is 2.21 bits per heavy atom. The second-order valence-electron chi connectivity index (χ2n) is 4.19. The van der Waals surface area contributed by atoms with Gasteiger partial charge in [-0.3, -0.25) is 0 Å². The third-order valence-corrected chi connectivity index (χ3v) is 2.85.